The van der Waals surface area contributed by atoms with E-state index in [0.29, 0.717) is 28.2 Å². The van der Waals surface area contributed by atoms with E-state index in [1.54, 1.807) is 31.4 Å². The van der Waals surface area contributed by atoms with Crippen LogP contribution in [0.2, 0.25) is 0 Å². The van der Waals surface area contributed by atoms with Gasteiger partial charge < -0.3 is 9.47 Å². The first-order chi connectivity index (χ1) is 16.5. The first-order valence-corrected chi connectivity index (χ1v) is 11.8. The number of hydrogen-bond donors (Lipinski definition) is 0. The van der Waals surface area contributed by atoms with Crippen LogP contribution in [0.5, 0.6) is 11.5 Å². The highest BCUT2D eigenvalue weighted by atomic mass is 32.1. The molecule has 2 heterocycles. The zero-order valence-corrected chi connectivity index (χ0v) is 19.7. The zero-order valence-electron chi connectivity index (χ0n) is 18.9. The van der Waals surface area contributed by atoms with E-state index >= 15 is 0 Å². The number of unbranched alkanes of at least 4 members (excludes halogenated alkanes) is 2. The zero-order chi connectivity index (χ0) is 24.1. The molecule has 0 saturated heterocycles. The number of hydrogen-bond acceptors (Lipinski definition) is 7. The van der Waals surface area contributed by atoms with Crippen molar-refractivity contribution in [1.29, 1.82) is 0 Å². The minimum Gasteiger partial charge on any atom is -0.493 e. The van der Waals surface area contributed by atoms with E-state index in [9.17, 15) is 14.0 Å². The number of fused-ring (bicyclic) bond motifs is 1. The molecular weight excluding hydrogens is 457 g/mol. The predicted octanol–water partition coefficient (Wildman–Crippen LogP) is 3.37. The van der Waals surface area contributed by atoms with E-state index in [4.69, 9.17) is 9.47 Å². The maximum absolute atomic E-state index is 13.1. The molecule has 0 aliphatic carbocycles. The standard InChI is InChI=1S/C25H24FN3O4S/c1-3-4-5-12-33-20-11-8-17(14-21(20)32-2)15-22-24(31)29-25(34-22)27-23(30)19(28-29)13-16-6-9-18(26)10-7-16/h6-11,14-15H,3-5,12-13H2,1-2H3/b22-15+. The van der Waals surface area contributed by atoms with Gasteiger partial charge in [0.05, 0.1) is 18.2 Å². The van der Waals surface area contributed by atoms with Crippen LogP contribution in [0.3, 0.4) is 0 Å². The fourth-order valence-electron chi connectivity index (χ4n) is 3.43. The van der Waals surface area contributed by atoms with Crippen molar-refractivity contribution in [3.05, 3.63) is 90.3 Å². The second-order valence-electron chi connectivity index (χ2n) is 7.74. The first-order valence-electron chi connectivity index (χ1n) is 11.0. The number of benzene rings is 2. The number of nitrogens with zero attached hydrogens (tertiary/aromatic N) is 3. The Hall–Kier alpha value is -3.59. The van der Waals surface area contributed by atoms with E-state index in [1.807, 2.05) is 12.1 Å². The van der Waals surface area contributed by atoms with Crippen LogP contribution < -0.4 is 25.1 Å². The molecule has 7 nitrogen and oxygen atoms in total. The molecule has 0 aliphatic rings. The maximum atomic E-state index is 13.1. The molecule has 0 fully saturated rings. The molecule has 9 heteroatoms. The first kappa shape index (κ1) is 23.6. The van der Waals surface area contributed by atoms with Crippen LogP contribution in [0.15, 0.2) is 52.1 Å². The molecule has 4 rings (SSSR count). The molecule has 0 unspecified atom stereocenters. The lowest BCUT2D eigenvalue weighted by Gasteiger charge is -2.11. The largest absolute Gasteiger partial charge is 0.493 e. The number of halogens is 1. The Kier molecular flexibility index (Phi) is 7.32. The third kappa shape index (κ3) is 5.31. The second kappa shape index (κ2) is 10.6. The van der Waals surface area contributed by atoms with Crippen molar-refractivity contribution < 1.29 is 13.9 Å². The lowest BCUT2D eigenvalue weighted by Crippen LogP contribution is -2.28. The average Bonchev–Trinajstić information content (AvgIpc) is 3.13. The molecule has 0 radical (unpaired) electrons. The Morgan fingerprint density at radius 2 is 1.88 bits per heavy atom. The SMILES string of the molecule is CCCCCOc1ccc(/C=c2/sc3nc(=O)c(Cc4ccc(F)cc4)nn3c2=O)cc1OC. The molecule has 2 aromatic heterocycles. The summed E-state index contributed by atoms with van der Waals surface area (Å²) in [6.45, 7) is 2.75. The highest BCUT2D eigenvalue weighted by Gasteiger charge is 2.12. The molecule has 0 N–H and O–H groups in total. The van der Waals surface area contributed by atoms with Gasteiger partial charge in [-0.25, -0.2) is 4.39 Å². The normalized spacial score (nSPS) is 11.8. The van der Waals surface area contributed by atoms with Crippen molar-refractivity contribution >= 4 is 22.4 Å². The fourth-order valence-corrected chi connectivity index (χ4v) is 4.33. The number of rotatable bonds is 9. The van der Waals surface area contributed by atoms with Gasteiger partial charge in [0.25, 0.3) is 11.1 Å². The Bertz CT molecular complexity index is 1460. The molecule has 0 amide bonds. The summed E-state index contributed by atoms with van der Waals surface area (Å²) in [5.41, 5.74) is 0.689. The van der Waals surface area contributed by atoms with Gasteiger partial charge in [0.1, 0.15) is 11.5 Å². The van der Waals surface area contributed by atoms with E-state index in [-0.39, 0.29) is 28.5 Å². The summed E-state index contributed by atoms with van der Waals surface area (Å²) in [5.74, 6) is 0.856. The van der Waals surface area contributed by atoms with E-state index in [2.05, 4.69) is 17.0 Å². The highest BCUT2D eigenvalue weighted by molar-refractivity contribution is 7.15. The van der Waals surface area contributed by atoms with E-state index in [0.717, 1.165) is 40.7 Å². The highest BCUT2D eigenvalue weighted by Crippen LogP contribution is 2.28. The van der Waals surface area contributed by atoms with Gasteiger partial charge in [0, 0.05) is 6.42 Å². The quantitative estimate of drug-likeness (QED) is 0.341. The molecule has 2 aromatic carbocycles. The van der Waals surface area contributed by atoms with Crippen molar-refractivity contribution in [2.24, 2.45) is 0 Å². The van der Waals surface area contributed by atoms with Gasteiger partial charge in [-0.2, -0.15) is 14.6 Å². The Morgan fingerprint density at radius 3 is 2.62 bits per heavy atom. The molecule has 4 aromatic rings. The minimum absolute atomic E-state index is 0.122. The van der Waals surface area contributed by atoms with Gasteiger partial charge in [-0.05, 0) is 47.9 Å². The van der Waals surface area contributed by atoms with Crippen LogP contribution >= 0.6 is 11.3 Å². The molecular formula is C25H24FN3O4S. The Morgan fingerprint density at radius 1 is 1.09 bits per heavy atom. The van der Waals surface area contributed by atoms with Crippen molar-refractivity contribution in [2.45, 2.75) is 32.6 Å². The van der Waals surface area contributed by atoms with Crippen LogP contribution in [-0.4, -0.2) is 28.3 Å². The van der Waals surface area contributed by atoms with Crippen molar-refractivity contribution in [2.75, 3.05) is 13.7 Å². The predicted molar refractivity (Wildman–Crippen MR) is 129 cm³/mol. The third-order valence-electron chi connectivity index (χ3n) is 5.23. The monoisotopic (exact) mass is 481 g/mol. The summed E-state index contributed by atoms with van der Waals surface area (Å²) in [5, 5.41) is 4.23. The smallest absolute Gasteiger partial charge is 0.296 e. The minimum atomic E-state index is -0.511. The third-order valence-corrected chi connectivity index (χ3v) is 6.19. The van der Waals surface area contributed by atoms with Gasteiger partial charge in [0.15, 0.2) is 11.5 Å². The average molecular weight is 482 g/mol. The summed E-state index contributed by atoms with van der Waals surface area (Å²) in [6, 6.07) is 11.2. The van der Waals surface area contributed by atoms with Gasteiger partial charge in [-0.15, -0.1) is 0 Å². The van der Waals surface area contributed by atoms with Crippen LogP contribution in [0.4, 0.5) is 4.39 Å². The van der Waals surface area contributed by atoms with Crippen molar-refractivity contribution in [3.8, 4) is 11.5 Å². The molecule has 0 aliphatic heterocycles. The van der Waals surface area contributed by atoms with Gasteiger partial charge in [0.2, 0.25) is 4.96 Å². The molecule has 0 atom stereocenters. The number of aromatic nitrogens is 3. The lowest BCUT2D eigenvalue weighted by atomic mass is 10.1. The van der Waals surface area contributed by atoms with E-state index in [1.165, 1.54) is 12.1 Å². The molecule has 34 heavy (non-hydrogen) atoms. The van der Waals surface area contributed by atoms with Crippen molar-refractivity contribution in [1.82, 2.24) is 14.6 Å². The van der Waals surface area contributed by atoms with Crippen LogP contribution in [0, 0.1) is 5.82 Å². The fraction of sp³-hybridized carbons (Fsp3) is 0.280. The van der Waals surface area contributed by atoms with Crippen molar-refractivity contribution in [3.63, 3.8) is 0 Å². The number of methoxy groups -OCH3 is 1. The van der Waals surface area contributed by atoms with E-state index < -0.39 is 5.56 Å². The van der Waals surface area contributed by atoms with Crippen LogP contribution in [0.25, 0.3) is 11.0 Å². The van der Waals surface area contributed by atoms with Gasteiger partial charge in [-0.1, -0.05) is 49.3 Å². The summed E-state index contributed by atoms with van der Waals surface area (Å²) in [7, 11) is 1.57. The summed E-state index contributed by atoms with van der Waals surface area (Å²) < 4.78 is 25.9. The summed E-state index contributed by atoms with van der Waals surface area (Å²) in [6.07, 6.45) is 5.04. The Labute approximate surface area is 199 Å². The molecule has 0 bridgehead atoms. The molecule has 176 valence electrons. The Balaban J connectivity index is 1.64. The second-order valence-corrected chi connectivity index (χ2v) is 8.75. The van der Waals surface area contributed by atoms with Gasteiger partial charge in [-0.3, -0.25) is 9.59 Å². The maximum Gasteiger partial charge on any atom is 0.296 e. The van der Waals surface area contributed by atoms with Crippen LogP contribution in [-0.2, 0) is 6.42 Å². The summed E-state index contributed by atoms with van der Waals surface area (Å²) in [4.78, 5) is 29.6. The molecule has 0 spiro atoms. The number of ether oxygens (including phenoxy) is 2. The molecule has 0 saturated carbocycles. The number of thiazole rings is 1. The summed E-state index contributed by atoms with van der Waals surface area (Å²) >= 11 is 1.09. The van der Waals surface area contributed by atoms with Gasteiger partial charge >= 0.3 is 0 Å². The topological polar surface area (TPSA) is 82.8 Å². The lowest BCUT2D eigenvalue weighted by molar-refractivity contribution is 0.286. The van der Waals surface area contributed by atoms with Crippen LogP contribution in [0.1, 0.15) is 43.0 Å².